The molecule has 0 aromatic heterocycles. The second kappa shape index (κ2) is 9.43. The van der Waals surface area contributed by atoms with Gasteiger partial charge in [0, 0.05) is 0 Å². The van der Waals surface area contributed by atoms with Crippen LogP contribution in [0, 0.1) is 11.6 Å². The van der Waals surface area contributed by atoms with E-state index < -0.39 is 19.4 Å². The Morgan fingerprint density at radius 1 is 0.793 bits per heavy atom. The van der Waals surface area contributed by atoms with E-state index >= 15 is 0 Å². The third-order valence-electron chi connectivity index (χ3n) is 3.72. The molecule has 0 radical (unpaired) electrons. The highest BCUT2D eigenvalue weighted by Crippen LogP contribution is 2.50. The second-order valence-corrected chi connectivity index (χ2v) is 7.58. The fourth-order valence-corrected chi connectivity index (χ4v) is 3.83. The molecule has 152 valence electrons. The van der Waals surface area contributed by atoms with Gasteiger partial charge in [0.1, 0.15) is 5.75 Å². The molecule has 3 rings (SSSR count). The van der Waals surface area contributed by atoms with Crippen molar-refractivity contribution in [3.8, 4) is 17.2 Å². The van der Waals surface area contributed by atoms with E-state index in [2.05, 4.69) is 5.09 Å². The minimum atomic E-state index is -4.31. The Labute approximate surface area is 167 Å². The molecule has 1 N–H and O–H groups in total. The van der Waals surface area contributed by atoms with Gasteiger partial charge in [-0.1, -0.05) is 43.3 Å². The molecule has 0 spiro atoms. The van der Waals surface area contributed by atoms with Crippen molar-refractivity contribution in [3.05, 3.63) is 84.4 Å². The monoisotopic (exact) mass is 419 g/mol. The Kier molecular flexibility index (Phi) is 6.73. The molecular weight excluding hydrogens is 399 g/mol. The zero-order valence-corrected chi connectivity index (χ0v) is 16.6. The molecule has 5 nitrogen and oxygen atoms in total. The molecule has 3 aromatic rings. The summed E-state index contributed by atoms with van der Waals surface area (Å²) >= 11 is 0. The first kappa shape index (κ1) is 20.7. The number of hydrogen-bond acceptors (Lipinski definition) is 4. The Morgan fingerprint density at radius 2 is 1.28 bits per heavy atom. The van der Waals surface area contributed by atoms with Crippen LogP contribution in [0.3, 0.4) is 0 Å². The van der Waals surface area contributed by atoms with Gasteiger partial charge in [-0.2, -0.15) is 0 Å². The van der Waals surface area contributed by atoms with Crippen molar-refractivity contribution >= 4 is 13.4 Å². The average Bonchev–Trinajstić information content (AvgIpc) is 2.71. The van der Waals surface area contributed by atoms with Crippen LogP contribution in [-0.4, -0.2) is 6.61 Å². The largest absolute Gasteiger partial charge is 0.542 e. The van der Waals surface area contributed by atoms with Gasteiger partial charge in [-0.3, -0.25) is 5.09 Å². The number of hydrogen-bond donors (Lipinski definition) is 1. The van der Waals surface area contributed by atoms with Crippen molar-refractivity contribution in [1.82, 2.24) is 0 Å². The Hall–Kier alpha value is -3.05. The third kappa shape index (κ3) is 5.48. The summed E-state index contributed by atoms with van der Waals surface area (Å²) in [7, 11) is -4.31. The first-order valence-corrected chi connectivity index (χ1v) is 10.5. The highest BCUT2D eigenvalue weighted by atomic mass is 31.2. The van der Waals surface area contributed by atoms with Crippen LogP contribution in [0.2, 0.25) is 0 Å². The van der Waals surface area contributed by atoms with E-state index in [1.165, 1.54) is 36.4 Å². The third-order valence-corrected chi connectivity index (χ3v) is 5.11. The lowest BCUT2D eigenvalue weighted by Crippen LogP contribution is -2.12. The van der Waals surface area contributed by atoms with Crippen molar-refractivity contribution in [2.45, 2.75) is 13.3 Å². The minimum Gasteiger partial charge on any atom is -0.491 e. The van der Waals surface area contributed by atoms with Gasteiger partial charge in [0.15, 0.2) is 23.1 Å². The molecule has 0 heterocycles. The van der Waals surface area contributed by atoms with Crippen LogP contribution >= 0.6 is 7.75 Å². The molecule has 0 saturated heterocycles. The van der Waals surface area contributed by atoms with Crippen LogP contribution in [0.5, 0.6) is 17.2 Å². The normalized spacial score (nSPS) is 11.0. The van der Waals surface area contributed by atoms with E-state index in [4.69, 9.17) is 13.8 Å². The molecule has 0 aliphatic carbocycles. The van der Waals surface area contributed by atoms with Gasteiger partial charge in [-0.05, 0) is 42.8 Å². The number of anilines is 1. The van der Waals surface area contributed by atoms with Gasteiger partial charge in [-0.15, -0.1) is 0 Å². The Bertz CT molecular complexity index is 964. The van der Waals surface area contributed by atoms with Crippen LogP contribution in [0.15, 0.2) is 72.8 Å². The van der Waals surface area contributed by atoms with Gasteiger partial charge in [0.2, 0.25) is 0 Å². The molecule has 0 aliphatic rings. The van der Waals surface area contributed by atoms with Crippen LogP contribution in [0.25, 0.3) is 0 Å². The number of rotatable bonds is 9. The van der Waals surface area contributed by atoms with Crippen molar-refractivity contribution in [1.29, 1.82) is 0 Å². The molecule has 0 fully saturated rings. The zero-order chi connectivity index (χ0) is 20.7. The number of halogens is 2. The van der Waals surface area contributed by atoms with Crippen LogP contribution in [0.1, 0.15) is 13.3 Å². The van der Waals surface area contributed by atoms with E-state index in [1.807, 2.05) is 6.92 Å². The fourth-order valence-electron chi connectivity index (χ4n) is 2.41. The minimum absolute atomic E-state index is 0.299. The van der Waals surface area contributed by atoms with Gasteiger partial charge < -0.3 is 13.8 Å². The average molecular weight is 419 g/mol. The summed E-state index contributed by atoms with van der Waals surface area (Å²) in [6.07, 6.45) is 0.767. The first-order chi connectivity index (χ1) is 14.0. The summed E-state index contributed by atoms with van der Waals surface area (Å²) < 4.78 is 58.1. The molecular formula is C21H20F2NO4P. The predicted octanol–water partition coefficient (Wildman–Crippen LogP) is 6.43. The lowest BCUT2D eigenvalue weighted by Gasteiger charge is -2.22. The quantitative estimate of drug-likeness (QED) is 0.405. The highest BCUT2D eigenvalue weighted by Gasteiger charge is 2.32. The summed E-state index contributed by atoms with van der Waals surface area (Å²) in [5, 5.41) is 2.64. The molecule has 0 amide bonds. The molecule has 0 atom stereocenters. The van der Waals surface area contributed by atoms with E-state index in [0.717, 1.165) is 18.6 Å². The number of ether oxygens (including phenoxy) is 1. The van der Waals surface area contributed by atoms with Gasteiger partial charge in [0.25, 0.3) is 0 Å². The van der Waals surface area contributed by atoms with Crippen molar-refractivity contribution < 1.29 is 27.1 Å². The molecule has 0 unspecified atom stereocenters. The number of benzene rings is 3. The fraction of sp³-hybridized carbons (Fsp3) is 0.143. The lowest BCUT2D eigenvalue weighted by molar-refractivity contribution is 0.318. The number of nitrogens with one attached hydrogen (secondary N) is 1. The predicted molar refractivity (Wildman–Crippen MR) is 108 cm³/mol. The zero-order valence-electron chi connectivity index (χ0n) is 15.7. The van der Waals surface area contributed by atoms with Crippen molar-refractivity contribution in [3.63, 3.8) is 0 Å². The Morgan fingerprint density at radius 3 is 1.79 bits per heavy atom. The van der Waals surface area contributed by atoms with Gasteiger partial charge >= 0.3 is 7.75 Å². The Balaban J connectivity index is 1.96. The SMILES string of the molecule is CCCOc1ccccc1NP(=O)(Oc1ccccc1F)Oc1ccccc1F. The van der Waals surface area contributed by atoms with E-state index in [1.54, 1.807) is 24.3 Å². The van der Waals surface area contributed by atoms with E-state index in [9.17, 15) is 13.3 Å². The molecule has 0 saturated carbocycles. The lowest BCUT2D eigenvalue weighted by atomic mass is 10.3. The summed E-state index contributed by atoms with van der Waals surface area (Å²) in [5.41, 5.74) is 0.303. The second-order valence-electron chi connectivity index (χ2n) is 6.00. The smallest absolute Gasteiger partial charge is 0.491 e. The number of para-hydroxylation sites is 4. The molecule has 0 aliphatic heterocycles. The highest BCUT2D eigenvalue weighted by molar-refractivity contribution is 7.56. The summed E-state index contributed by atoms with van der Waals surface area (Å²) in [6, 6.07) is 17.6. The summed E-state index contributed by atoms with van der Waals surface area (Å²) in [4.78, 5) is 0. The molecule has 29 heavy (non-hydrogen) atoms. The van der Waals surface area contributed by atoms with Crippen molar-refractivity contribution in [2.75, 3.05) is 11.7 Å². The maximum absolute atomic E-state index is 14.1. The van der Waals surface area contributed by atoms with Crippen LogP contribution < -0.4 is 18.9 Å². The van der Waals surface area contributed by atoms with Gasteiger partial charge in [0.05, 0.1) is 12.3 Å². The maximum Gasteiger partial charge on any atom is 0.542 e. The van der Waals surface area contributed by atoms with Gasteiger partial charge in [-0.25, -0.2) is 13.3 Å². The topological polar surface area (TPSA) is 56.8 Å². The van der Waals surface area contributed by atoms with Crippen LogP contribution in [-0.2, 0) is 4.57 Å². The summed E-state index contributed by atoms with van der Waals surface area (Å²) in [5.74, 6) is -1.66. The van der Waals surface area contributed by atoms with E-state index in [-0.39, 0.29) is 11.5 Å². The maximum atomic E-state index is 14.1. The molecule has 0 bridgehead atoms. The molecule has 8 heteroatoms. The van der Waals surface area contributed by atoms with E-state index in [0.29, 0.717) is 18.0 Å². The first-order valence-electron chi connectivity index (χ1n) is 8.99. The molecule has 3 aromatic carbocycles. The van der Waals surface area contributed by atoms with Crippen molar-refractivity contribution in [2.24, 2.45) is 0 Å². The standard InChI is InChI=1S/C21H20F2NO4P/c1-2-15-26-21-14-8-5-11-18(21)24-29(25,27-19-12-6-3-9-16(19)22)28-20-13-7-4-10-17(20)23/h3-14H,2,15H2,1H3,(H,24,25). The summed E-state index contributed by atoms with van der Waals surface area (Å²) in [6.45, 7) is 2.38. The van der Waals surface area contributed by atoms with Crippen LogP contribution in [0.4, 0.5) is 14.5 Å².